The van der Waals surface area contributed by atoms with Crippen molar-refractivity contribution in [1.82, 2.24) is 14.9 Å². The Hall–Kier alpha value is -2.38. The number of anilines is 2. The molecule has 1 aliphatic carbocycles. The van der Waals surface area contributed by atoms with Crippen LogP contribution in [0.5, 0.6) is 0 Å². The van der Waals surface area contributed by atoms with Gasteiger partial charge in [-0.2, -0.15) is 4.98 Å². The van der Waals surface area contributed by atoms with Crippen LogP contribution in [0.15, 0.2) is 12.3 Å². The zero-order chi connectivity index (χ0) is 22.9. The fourth-order valence-electron chi connectivity index (χ4n) is 4.72. The van der Waals surface area contributed by atoms with Crippen LogP contribution >= 0.6 is 0 Å². The highest BCUT2D eigenvalue weighted by Crippen LogP contribution is 2.29. The summed E-state index contributed by atoms with van der Waals surface area (Å²) in [6.45, 7) is 8.97. The van der Waals surface area contributed by atoms with Gasteiger partial charge in [-0.1, -0.05) is 39.5 Å². The van der Waals surface area contributed by atoms with Crippen LogP contribution in [0.3, 0.4) is 0 Å². The van der Waals surface area contributed by atoms with Crippen LogP contribution in [0.1, 0.15) is 72.1 Å². The second-order valence-corrected chi connectivity index (χ2v) is 9.14. The van der Waals surface area contributed by atoms with Crippen LogP contribution in [0.25, 0.3) is 0 Å². The SMILES string of the molecule is CC(Nc1nccc(N2CCOC2=O)n1)C1CCN(C(=O)C2CCCCC2)CC1.CCC. The van der Waals surface area contributed by atoms with Crippen molar-refractivity contribution in [2.45, 2.75) is 78.2 Å². The number of hydrogen-bond acceptors (Lipinski definition) is 6. The molecule has 1 aromatic rings. The van der Waals surface area contributed by atoms with Crippen molar-refractivity contribution in [2.24, 2.45) is 11.8 Å². The number of ether oxygens (including phenoxy) is 1. The molecule has 1 aromatic heterocycles. The van der Waals surface area contributed by atoms with E-state index in [0.717, 1.165) is 38.8 Å². The van der Waals surface area contributed by atoms with Gasteiger partial charge in [0.2, 0.25) is 11.9 Å². The van der Waals surface area contributed by atoms with E-state index in [2.05, 4.69) is 41.0 Å². The Morgan fingerprint density at radius 2 is 1.84 bits per heavy atom. The van der Waals surface area contributed by atoms with E-state index in [-0.39, 0.29) is 18.1 Å². The van der Waals surface area contributed by atoms with E-state index in [9.17, 15) is 9.59 Å². The number of nitrogens with zero attached hydrogens (tertiary/aromatic N) is 4. The molecule has 32 heavy (non-hydrogen) atoms. The van der Waals surface area contributed by atoms with Crippen LogP contribution in [0.2, 0.25) is 0 Å². The molecule has 2 aliphatic heterocycles. The first-order valence-electron chi connectivity index (χ1n) is 12.4. The van der Waals surface area contributed by atoms with E-state index in [1.807, 2.05) is 0 Å². The number of nitrogens with one attached hydrogen (secondary N) is 1. The van der Waals surface area contributed by atoms with Gasteiger partial charge in [-0.15, -0.1) is 0 Å². The molecule has 2 saturated heterocycles. The standard InChI is InChI=1S/C21H31N5O3.C3H8/c1-15(23-20-22-10-7-18(24-20)26-13-14-29-21(26)28)16-8-11-25(12-9-16)19(27)17-5-3-2-4-6-17;1-3-2/h7,10,15-17H,2-6,8-9,11-14H2,1H3,(H,22,23,24);3H2,1-2H3. The van der Waals surface area contributed by atoms with Gasteiger partial charge >= 0.3 is 6.09 Å². The first-order valence-corrected chi connectivity index (χ1v) is 12.4. The summed E-state index contributed by atoms with van der Waals surface area (Å²) in [6.07, 6.45) is 10.3. The number of cyclic esters (lactones) is 1. The Labute approximate surface area is 192 Å². The average Bonchev–Trinajstić information content (AvgIpc) is 3.26. The Morgan fingerprint density at radius 3 is 2.47 bits per heavy atom. The largest absolute Gasteiger partial charge is 0.447 e. The summed E-state index contributed by atoms with van der Waals surface area (Å²) in [5, 5.41) is 3.39. The van der Waals surface area contributed by atoms with Gasteiger partial charge in [-0.3, -0.25) is 9.69 Å². The van der Waals surface area contributed by atoms with Gasteiger partial charge in [0.05, 0.1) is 6.54 Å². The van der Waals surface area contributed by atoms with Gasteiger partial charge in [0.25, 0.3) is 0 Å². The summed E-state index contributed by atoms with van der Waals surface area (Å²) in [7, 11) is 0. The topological polar surface area (TPSA) is 87.7 Å². The molecule has 8 nitrogen and oxygen atoms in total. The number of aromatic nitrogens is 2. The molecule has 4 rings (SSSR count). The molecule has 1 unspecified atom stereocenters. The highest BCUT2D eigenvalue weighted by Gasteiger charge is 2.31. The maximum absolute atomic E-state index is 12.8. The highest BCUT2D eigenvalue weighted by atomic mass is 16.6. The average molecular weight is 446 g/mol. The van der Waals surface area contributed by atoms with Crippen LogP contribution in [0, 0.1) is 11.8 Å². The molecule has 1 saturated carbocycles. The van der Waals surface area contributed by atoms with Crippen molar-refractivity contribution < 1.29 is 14.3 Å². The molecular formula is C24H39N5O3. The third kappa shape index (κ3) is 6.33. The lowest BCUT2D eigenvalue weighted by Gasteiger charge is -2.37. The monoisotopic (exact) mass is 445 g/mol. The minimum Gasteiger partial charge on any atom is -0.447 e. The molecule has 3 fully saturated rings. The van der Waals surface area contributed by atoms with Gasteiger partial charge in [0.15, 0.2) is 0 Å². The predicted octanol–water partition coefficient (Wildman–Crippen LogP) is 4.47. The van der Waals surface area contributed by atoms with Crippen molar-refractivity contribution in [2.75, 3.05) is 36.5 Å². The van der Waals surface area contributed by atoms with Gasteiger partial charge < -0.3 is 15.0 Å². The third-order valence-corrected chi connectivity index (χ3v) is 6.55. The number of piperidine rings is 1. The summed E-state index contributed by atoms with van der Waals surface area (Å²) in [6, 6.07) is 1.92. The molecule has 3 heterocycles. The number of amides is 2. The van der Waals surface area contributed by atoms with Gasteiger partial charge in [-0.25, -0.2) is 9.78 Å². The molecule has 0 spiro atoms. The van der Waals surface area contributed by atoms with Crippen LogP contribution < -0.4 is 10.2 Å². The Balaban J connectivity index is 0.000000913. The molecule has 1 atom stereocenters. The van der Waals surface area contributed by atoms with E-state index >= 15 is 0 Å². The lowest BCUT2D eigenvalue weighted by Crippen LogP contribution is -2.45. The molecule has 0 aromatic carbocycles. The number of carbonyl (C=O) groups is 2. The minimum absolute atomic E-state index is 0.197. The number of likely N-dealkylation sites (tertiary alicyclic amines) is 1. The van der Waals surface area contributed by atoms with Crippen molar-refractivity contribution in [1.29, 1.82) is 0 Å². The van der Waals surface area contributed by atoms with Gasteiger partial charge in [0, 0.05) is 31.2 Å². The molecule has 0 radical (unpaired) electrons. The van der Waals surface area contributed by atoms with Crippen molar-refractivity contribution in [3.8, 4) is 0 Å². The van der Waals surface area contributed by atoms with Crippen molar-refractivity contribution in [3.63, 3.8) is 0 Å². The van der Waals surface area contributed by atoms with Crippen molar-refractivity contribution >= 4 is 23.8 Å². The number of carbonyl (C=O) groups excluding carboxylic acids is 2. The second kappa shape index (κ2) is 12.0. The second-order valence-electron chi connectivity index (χ2n) is 9.14. The zero-order valence-corrected chi connectivity index (χ0v) is 19.9. The number of hydrogen-bond donors (Lipinski definition) is 1. The van der Waals surface area contributed by atoms with Crippen LogP contribution in [-0.2, 0) is 9.53 Å². The Morgan fingerprint density at radius 1 is 1.16 bits per heavy atom. The zero-order valence-electron chi connectivity index (χ0n) is 19.9. The van der Waals surface area contributed by atoms with Gasteiger partial charge in [-0.05, 0) is 44.6 Å². The minimum atomic E-state index is -0.363. The first kappa shape index (κ1) is 24.3. The maximum Gasteiger partial charge on any atom is 0.415 e. The lowest BCUT2D eigenvalue weighted by molar-refractivity contribution is -0.138. The van der Waals surface area contributed by atoms with E-state index < -0.39 is 0 Å². The molecule has 8 heteroatoms. The third-order valence-electron chi connectivity index (χ3n) is 6.55. The van der Waals surface area contributed by atoms with E-state index in [1.54, 1.807) is 12.3 Å². The normalized spacial score (nSPS) is 20.9. The molecular weight excluding hydrogens is 406 g/mol. The first-order chi connectivity index (χ1) is 15.5. The summed E-state index contributed by atoms with van der Waals surface area (Å²) in [4.78, 5) is 36.9. The lowest BCUT2D eigenvalue weighted by atomic mass is 9.86. The van der Waals surface area contributed by atoms with Crippen LogP contribution in [0.4, 0.5) is 16.6 Å². The smallest absolute Gasteiger partial charge is 0.415 e. The van der Waals surface area contributed by atoms with Crippen LogP contribution in [-0.4, -0.2) is 59.2 Å². The van der Waals surface area contributed by atoms with Crippen molar-refractivity contribution in [3.05, 3.63) is 12.3 Å². The quantitative estimate of drug-likeness (QED) is 0.719. The number of rotatable bonds is 5. The van der Waals surface area contributed by atoms with Gasteiger partial charge in [0.1, 0.15) is 12.4 Å². The van der Waals surface area contributed by atoms with E-state index in [0.29, 0.717) is 36.7 Å². The predicted molar refractivity (Wildman–Crippen MR) is 126 cm³/mol. The molecule has 3 aliphatic rings. The summed E-state index contributed by atoms with van der Waals surface area (Å²) < 4.78 is 4.98. The fraction of sp³-hybridized carbons (Fsp3) is 0.750. The molecule has 0 bridgehead atoms. The molecule has 178 valence electrons. The fourth-order valence-corrected chi connectivity index (χ4v) is 4.72. The Kier molecular flexibility index (Phi) is 9.11. The van der Waals surface area contributed by atoms with E-state index in [1.165, 1.54) is 30.6 Å². The summed E-state index contributed by atoms with van der Waals surface area (Å²) in [5.74, 6) is 2.18. The Bertz CT molecular complexity index is 745. The summed E-state index contributed by atoms with van der Waals surface area (Å²) in [5.41, 5.74) is 0. The van der Waals surface area contributed by atoms with E-state index in [4.69, 9.17) is 4.74 Å². The summed E-state index contributed by atoms with van der Waals surface area (Å²) >= 11 is 0. The highest BCUT2D eigenvalue weighted by molar-refractivity contribution is 5.88. The molecule has 2 amide bonds. The molecule has 1 N–H and O–H groups in total. The maximum atomic E-state index is 12.8.